The normalized spacial score (nSPS) is 10.9. The highest BCUT2D eigenvalue weighted by Crippen LogP contribution is 2.19. The molecule has 0 radical (unpaired) electrons. The van der Waals surface area contributed by atoms with Crippen LogP contribution in [0.2, 0.25) is 0 Å². The summed E-state index contributed by atoms with van der Waals surface area (Å²) in [7, 11) is -2.17. The molecule has 156 valence electrons. The van der Waals surface area contributed by atoms with E-state index in [9.17, 15) is 8.42 Å². The fourth-order valence-corrected chi connectivity index (χ4v) is 3.88. The van der Waals surface area contributed by atoms with Crippen LogP contribution in [0.4, 0.5) is 17.2 Å². The first-order valence-corrected chi connectivity index (χ1v) is 10.8. The van der Waals surface area contributed by atoms with Gasteiger partial charge in [-0.2, -0.15) is 0 Å². The Kier molecular flexibility index (Phi) is 6.48. The fourth-order valence-electron chi connectivity index (χ4n) is 2.65. The molecule has 8 nitrogen and oxygen atoms in total. The van der Waals surface area contributed by atoms with Gasteiger partial charge < -0.3 is 15.4 Å². The second-order valence-corrected chi connectivity index (χ2v) is 8.47. The van der Waals surface area contributed by atoms with Gasteiger partial charge in [0.1, 0.15) is 17.4 Å². The summed E-state index contributed by atoms with van der Waals surface area (Å²) in [5.41, 5.74) is 2.12. The summed E-state index contributed by atoms with van der Waals surface area (Å²) in [5, 5.41) is 6.44. The number of hydrogen-bond acceptors (Lipinski definition) is 6. The Morgan fingerprint density at radius 1 is 0.933 bits per heavy atom. The van der Waals surface area contributed by atoms with Gasteiger partial charge in [-0.3, -0.25) is 4.72 Å². The number of ether oxygens (including phenoxy) is 1. The molecule has 1 aromatic heterocycles. The first-order valence-electron chi connectivity index (χ1n) is 8.92. The minimum absolute atomic E-state index is 0.107. The number of aryl methyl sites for hydroxylation is 2. The number of rotatable bonds is 6. The molecule has 0 aliphatic rings. The maximum Gasteiger partial charge on any atom is 0.263 e. The Labute approximate surface area is 180 Å². The number of aromatic nitrogens is 2. The van der Waals surface area contributed by atoms with E-state index in [2.05, 4.69) is 25.3 Å². The van der Waals surface area contributed by atoms with E-state index in [1.54, 1.807) is 39.2 Å². The minimum Gasteiger partial charge on any atom is -0.497 e. The number of hydrogen-bond donors (Lipinski definition) is 3. The average Bonchev–Trinajstić information content (AvgIpc) is 2.67. The number of sulfonamides is 1. The molecule has 0 saturated carbocycles. The van der Waals surface area contributed by atoms with Crippen molar-refractivity contribution in [3.8, 4) is 5.75 Å². The first-order chi connectivity index (χ1) is 14.2. The van der Waals surface area contributed by atoms with Crippen LogP contribution in [0.25, 0.3) is 0 Å². The van der Waals surface area contributed by atoms with Crippen molar-refractivity contribution in [2.45, 2.75) is 18.7 Å². The van der Waals surface area contributed by atoms with E-state index in [1.807, 2.05) is 24.3 Å². The fraction of sp³-hybridized carbons (Fsp3) is 0.150. The average molecular weight is 444 g/mol. The van der Waals surface area contributed by atoms with Gasteiger partial charge in [0.15, 0.2) is 5.11 Å². The van der Waals surface area contributed by atoms with E-state index < -0.39 is 10.0 Å². The topological polar surface area (TPSA) is 105 Å². The van der Waals surface area contributed by atoms with Crippen LogP contribution < -0.4 is 20.1 Å². The Morgan fingerprint density at radius 3 is 2.03 bits per heavy atom. The maximum atomic E-state index is 12.6. The van der Waals surface area contributed by atoms with E-state index in [0.29, 0.717) is 22.3 Å². The van der Waals surface area contributed by atoms with E-state index in [4.69, 9.17) is 17.0 Å². The Bertz CT molecular complexity index is 1130. The summed E-state index contributed by atoms with van der Waals surface area (Å²) in [6.07, 6.45) is 0. The number of nitrogens with one attached hydrogen (secondary N) is 3. The highest BCUT2D eigenvalue weighted by Gasteiger charge is 2.15. The lowest BCUT2D eigenvalue weighted by Crippen LogP contribution is -2.19. The maximum absolute atomic E-state index is 12.6. The summed E-state index contributed by atoms with van der Waals surface area (Å²) in [5.74, 6) is 1.47. The van der Waals surface area contributed by atoms with Gasteiger partial charge in [-0.25, -0.2) is 18.4 Å². The monoisotopic (exact) mass is 443 g/mol. The summed E-state index contributed by atoms with van der Waals surface area (Å²) < 4.78 is 32.8. The van der Waals surface area contributed by atoms with Crippen LogP contribution in [0.5, 0.6) is 5.75 Å². The first kappa shape index (κ1) is 21.5. The van der Waals surface area contributed by atoms with Crippen molar-refractivity contribution < 1.29 is 13.2 Å². The number of thiocarbonyl (C=S) groups is 1. The summed E-state index contributed by atoms with van der Waals surface area (Å²) in [6.45, 7) is 3.48. The largest absolute Gasteiger partial charge is 0.497 e. The van der Waals surface area contributed by atoms with Gasteiger partial charge >= 0.3 is 0 Å². The van der Waals surface area contributed by atoms with Crippen molar-refractivity contribution in [2.75, 3.05) is 22.5 Å². The molecule has 0 atom stereocenters. The van der Waals surface area contributed by atoms with Gasteiger partial charge in [0.2, 0.25) is 0 Å². The summed E-state index contributed by atoms with van der Waals surface area (Å²) >= 11 is 5.30. The van der Waals surface area contributed by atoms with Crippen molar-refractivity contribution in [1.82, 2.24) is 9.97 Å². The number of benzene rings is 2. The number of anilines is 3. The molecular weight excluding hydrogens is 422 g/mol. The highest BCUT2D eigenvalue weighted by molar-refractivity contribution is 7.92. The summed E-state index contributed by atoms with van der Waals surface area (Å²) in [4.78, 5) is 8.35. The Balaban J connectivity index is 1.65. The zero-order valence-electron chi connectivity index (χ0n) is 16.6. The van der Waals surface area contributed by atoms with Gasteiger partial charge in [0.25, 0.3) is 10.0 Å². The molecule has 2 aromatic carbocycles. The third kappa shape index (κ3) is 5.65. The van der Waals surface area contributed by atoms with Crippen molar-refractivity contribution >= 4 is 44.5 Å². The zero-order valence-corrected chi connectivity index (χ0v) is 18.3. The standard InChI is InChI=1S/C20H21N5O3S2/c1-13-12-19(22-14(2)21-13)25-30(26,27)18-10-6-16(7-11-18)24-20(29)23-15-4-8-17(28-3)9-5-15/h4-12H,1-3H3,(H,21,22,25)(H2,23,24,29). The molecule has 0 saturated heterocycles. The summed E-state index contributed by atoms with van der Waals surface area (Å²) in [6, 6.07) is 15.1. The third-order valence-electron chi connectivity index (χ3n) is 3.98. The second-order valence-electron chi connectivity index (χ2n) is 6.38. The minimum atomic E-state index is -3.78. The third-order valence-corrected chi connectivity index (χ3v) is 5.55. The molecule has 0 aliphatic heterocycles. The van der Waals surface area contributed by atoms with Crippen LogP contribution in [0, 0.1) is 13.8 Å². The molecule has 0 fully saturated rings. The molecule has 3 N–H and O–H groups in total. The van der Waals surface area contributed by atoms with Crippen LogP contribution in [0.15, 0.2) is 59.5 Å². The SMILES string of the molecule is COc1ccc(NC(=S)Nc2ccc(S(=O)(=O)Nc3cc(C)nc(C)n3)cc2)cc1. The molecule has 10 heteroatoms. The number of methoxy groups -OCH3 is 1. The molecule has 1 heterocycles. The second kappa shape index (κ2) is 9.06. The lowest BCUT2D eigenvalue weighted by Gasteiger charge is -2.12. The zero-order chi connectivity index (χ0) is 21.7. The molecule has 3 aromatic rings. The van der Waals surface area contributed by atoms with Gasteiger partial charge in [0, 0.05) is 23.1 Å². The van der Waals surface area contributed by atoms with E-state index >= 15 is 0 Å². The lowest BCUT2D eigenvalue weighted by molar-refractivity contribution is 0.415. The van der Waals surface area contributed by atoms with Gasteiger partial charge in [-0.15, -0.1) is 0 Å². The predicted octanol–water partition coefficient (Wildman–Crippen LogP) is 3.71. The van der Waals surface area contributed by atoms with E-state index in [1.165, 1.54) is 12.1 Å². The van der Waals surface area contributed by atoms with Crippen molar-refractivity contribution in [2.24, 2.45) is 0 Å². The molecule has 0 aliphatic carbocycles. The van der Waals surface area contributed by atoms with Gasteiger partial charge in [0.05, 0.1) is 12.0 Å². The smallest absolute Gasteiger partial charge is 0.263 e. The quantitative estimate of drug-likeness (QED) is 0.495. The lowest BCUT2D eigenvalue weighted by atomic mass is 10.3. The predicted molar refractivity (Wildman–Crippen MR) is 122 cm³/mol. The Morgan fingerprint density at radius 2 is 1.50 bits per heavy atom. The van der Waals surface area contributed by atoms with E-state index in [-0.39, 0.29) is 10.7 Å². The Hall–Kier alpha value is -3.24. The molecule has 3 rings (SSSR count). The van der Waals surface area contributed by atoms with Crippen LogP contribution >= 0.6 is 12.2 Å². The van der Waals surface area contributed by atoms with Crippen LogP contribution in [0.1, 0.15) is 11.5 Å². The molecule has 0 amide bonds. The van der Waals surface area contributed by atoms with Crippen molar-refractivity contribution in [3.63, 3.8) is 0 Å². The molecule has 0 spiro atoms. The highest BCUT2D eigenvalue weighted by atomic mass is 32.2. The van der Waals surface area contributed by atoms with E-state index in [0.717, 1.165) is 11.4 Å². The van der Waals surface area contributed by atoms with Gasteiger partial charge in [-0.05, 0) is 74.6 Å². The van der Waals surface area contributed by atoms with Gasteiger partial charge in [-0.1, -0.05) is 0 Å². The molecule has 0 unspecified atom stereocenters. The van der Waals surface area contributed by atoms with Crippen LogP contribution in [-0.2, 0) is 10.0 Å². The van der Waals surface area contributed by atoms with Crippen LogP contribution in [-0.4, -0.2) is 30.6 Å². The number of nitrogens with zero attached hydrogens (tertiary/aromatic N) is 2. The molecule has 0 bridgehead atoms. The molecular formula is C20H21N5O3S2. The molecule has 30 heavy (non-hydrogen) atoms. The van der Waals surface area contributed by atoms with Crippen molar-refractivity contribution in [1.29, 1.82) is 0 Å². The van der Waals surface area contributed by atoms with Crippen LogP contribution in [0.3, 0.4) is 0 Å². The van der Waals surface area contributed by atoms with Crippen molar-refractivity contribution in [3.05, 3.63) is 66.1 Å².